The van der Waals surface area contributed by atoms with Gasteiger partial charge in [-0.2, -0.15) is 0 Å². The Morgan fingerprint density at radius 2 is 1.80 bits per heavy atom. The zero-order valence-corrected chi connectivity index (χ0v) is 12.2. The molecule has 7 nitrogen and oxygen atoms in total. The predicted molar refractivity (Wildman–Crippen MR) is 74.4 cm³/mol. The Labute approximate surface area is 117 Å². The van der Waals surface area contributed by atoms with Gasteiger partial charge in [0.15, 0.2) is 11.5 Å². The minimum atomic E-state index is -3.49. The number of rotatable bonds is 3. The van der Waals surface area contributed by atoms with Crippen LogP contribution in [0.4, 0.5) is 0 Å². The van der Waals surface area contributed by atoms with Gasteiger partial charge in [-0.25, -0.2) is 17.7 Å². The second-order valence-electron chi connectivity index (χ2n) is 4.84. The zero-order chi connectivity index (χ0) is 15.1. The summed E-state index contributed by atoms with van der Waals surface area (Å²) in [4.78, 5) is 16.1. The number of benzene rings is 1. The molecule has 1 aromatic carbocycles. The fourth-order valence-corrected chi connectivity index (χ4v) is 2.82. The number of aliphatic imine (C=N–C) groups is 1. The highest BCUT2D eigenvalue weighted by atomic mass is 32.2. The fraction of sp³-hybridized carbons (Fsp3) is 0.333. The van der Waals surface area contributed by atoms with Crippen molar-refractivity contribution in [2.24, 2.45) is 10.7 Å². The highest BCUT2D eigenvalue weighted by Crippen LogP contribution is 2.29. The summed E-state index contributed by atoms with van der Waals surface area (Å²) in [6.07, 6.45) is 0. The maximum absolute atomic E-state index is 12.0. The molecule has 1 unspecified atom stereocenters. The molecule has 20 heavy (non-hydrogen) atoms. The number of sulfonamides is 1. The largest absolute Gasteiger partial charge is 0.370 e. The maximum atomic E-state index is 12.0. The minimum absolute atomic E-state index is 0.0579. The summed E-state index contributed by atoms with van der Waals surface area (Å²) < 4.78 is 25.0. The highest BCUT2D eigenvalue weighted by Gasteiger charge is 2.40. The Balaban J connectivity index is 2.42. The molecule has 0 saturated carbocycles. The number of nitrogens with zero attached hydrogens (tertiary/aromatic N) is 2. The van der Waals surface area contributed by atoms with Crippen molar-refractivity contribution in [2.75, 3.05) is 14.1 Å². The van der Waals surface area contributed by atoms with Gasteiger partial charge in [-0.05, 0) is 24.6 Å². The van der Waals surface area contributed by atoms with E-state index in [0.29, 0.717) is 5.56 Å². The number of carbonyl (C=O) groups excluding carboxylic acids is 1. The van der Waals surface area contributed by atoms with E-state index in [4.69, 9.17) is 5.73 Å². The molecule has 0 aromatic heterocycles. The average molecular weight is 296 g/mol. The van der Waals surface area contributed by atoms with E-state index in [1.165, 1.54) is 26.2 Å². The molecular weight excluding hydrogens is 280 g/mol. The first-order valence-electron chi connectivity index (χ1n) is 5.88. The first-order valence-corrected chi connectivity index (χ1v) is 7.32. The van der Waals surface area contributed by atoms with Crippen LogP contribution in [0.15, 0.2) is 34.2 Å². The van der Waals surface area contributed by atoms with Crippen LogP contribution in [-0.4, -0.2) is 38.7 Å². The predicted octanol–water partition coefficient (Wildman–Crippen LogP) is -0.403. The van der Waals surface area contributed by atoms with Crippen LogP contribution in [0, 0.1) is 0 Å². The van der Waals surface area contributed by atoms with Crippen molar-refractivity contribution in [2.45, 2.75) is 17.4 Å². The van der Waals surface area contributed by atoms with Crippen molar-refractivity contribution in [1.82, 2.24) is 9.62 Å². The summed E-state index contributed by atoms with van der Waals surface area (Å²) in [7, 11) is -0.572. The van der Waals surface area contributed by atoms with E-state index in [0.717, 1.165) is 4.31 Å². The van der Waals surface area contributed by atoms with E-state index in [1.807, 2.05) is 0 Å². The van der Waals surface area contributed by atoms with Gasteiger partial charge in [0.2, 0.25) is 10.0 Å². The molecule has 1 aromatic rings. The van der Waals surface area contributed by atoms with Gasteiger partial charge in [-0.15, -0.1) is 0 Å². The molecule has 1 amide bonds. The average Bonchev–Trinajstić information content (AvgIpc) is 2.64. The molecule has 1 aliphatic rings. The monoisotopic (exact) mass is 296 g/mol. The molecule has 8 heteroatoms. The molecule has 1 heterocycles. The van der Waals surface area contributed by atoms with Gasteiger partial charge >= 0.3 is 0 Å². The lowest BCUT2D eigenvalue weighted by molar-refractivity contribution is -0.123. The Morgan fingerprint density at radius 1 is 1.25 bits per heavy atom. The molecule has 0 bridgehead atoms. The van der Waals surface area contributed by atoms with Crippen molar-refractivity contribution in [3.05, 3.63) is 29.8 Å². The van der Waals surface area contributed by atoms with E-state index in [-0.39, 0.29) is 16.8 Å². The molecular formula is C12H16N4O3S. The molecule has 0 aliphatic carbocycles. The van der Waals surface area contributed by atoms with Crippen molar-refractivity contribution < 1.29 is 13.2 Å². The summed E-state index contributed by atoms with van der Waals surface area (Å²) in [6, 6.07) is 6.04. The van der Waals surface area contributed by atoms with E-state index in [1.54, 1.807) is 19.1 Å². The van der Waals surface area contributed by atoms with Crippen LogP contribution in [0.1, 0.15) is 12.5 Å². The van der Waals surface area contributed by atoms with E-state index >= 15 is 0 Å². The van der Waals surface area contributed by atoms with Gasteiger partial charge in [0, 0.05) is 14.1 Å². The van der Waals surface area contributed by atoms with E-state index < -0.39 is 15.6 Å². The Kier molecular flexibility index (Phi) is 3.31. The van der Waals surface area contributed by atoms with Crippen LogP contribution >= 0.6 is 0 Å². The first-order chi connectivity index (χ1) is 9.18. The molecule has 0 radical (unpaired) electrons. The quantitative estimate of drug-likeness (QED) is 0.791. The topological polar surface area (TPSA) is 105 Å². The van der Waals surface area contributed by atoms with Gasteiger partial charge < -0.3 is 5.73 Å². The van der Waals surface area contributed by atoms with Crippen molar-refractivity contribution in [3.63, 3.8) is 0 Å². The summed E-state index contributed by atoms with van der Waals surface area (Å²) in [5.41, 5.74) is 4.95. The zero-order valence-electron chi connectivity index (χ0n) is 11.4. The number of carbonyl (C=O) groups is 1. The SMILES string of the molecule is CN(C)S(=O)(=O)c1ccc(C2(C)N=C(N)NC2=O)cc1. The van der Waals surface area contributed by atoms with Crippen molar-refractivity contribution in [1.29, 1.82) is 0 Å². The van der Waals surface area contributed by atoms with E-state index in [2.05, 4.69) is 10.3 Å². The lowest BCUT2D eigenvalue weighted by atomic mass is 9.93. The fourth-order valence-electron chi connectivity index (χ4n) is 1.92. The number of guanidine groups is 1. The van der Waals surface area contributed by atoms with Crippen LogP contribution in [-0.2, 0) is 20.4 Å². The molecule has 2 rings (SSSR count). The molecule has 0 spiro atoms. The number of amides is 1. The summed E-state index contributed by atoms with van der Waals surface area (Å²) in [5, 5.41) is 2.43. The van der Waals surface area contributed by atoms with Crippen LogP contribution in [0.25, 0.3) is 0 Å². The normalized spacial score (nSPS) is 22.8. The number of nitrogens with one attached hydrogen (secondary N) is 1. The second kappa shape index (κ2) is 4.57. The third-order valence-electron chi connectivity index (χ3n) is 3.22. The van der Waals surface area contributed by atoms with Crippen molar-refractivity contribution in [3.8, 4) is 0 Å². The van der Waals surface area contributed by atoms with E-state index in [9.17, 15) is 13.2 Å². The summed E-state index contributed by atoms with van der Waals surface area (Å²) in [6.45, 7) is 1.62. The summed E-state index contributed by atoms with van der Waals surface area (Å²) >= 11 is 0. The third kappa shape index (κ3) is 2.16. The lowest BCUT2D eigenvalue weighted by Crippen LogP contribution is -2.37. The number of hydrogen-bond acceptors (Lipinski definition) is 5. The van der Waals surface area contributed by atoms with Crippen LogP contribution < -0.4 is 11.1 Å². The molecule has 0 fully saturated rings. The highest BCUT2D eigenvalue weighted by molar-refractivity contribution is 7.89. The van der Waals surface area contributed by atoms with Crippen LogP contribution in [0.3, 0.4) is 0 Å². The van der Waals surface area contributed by atoms with Gasteiger partial charge in [0.1, 0.15) is 0 Å². The Hall–Kier alpha value is -1.93. The second-order valence-corrected chi connectivity index (χ2v) is 6.99. The van der Waals surface area contributed by atoms with Crippen LogP contribution in [0.2, 0.25) is 0 Å². The van der Waals surface area contributed by atoms with Gasteiger partial charge in [0.25, 0.3) is 5.91 Å². The minimum Gasteiger partial charge on any atom is -0.370 e. The van der Waals surface area contributed by atoms with Gasteiger partial charge in [-0.1, -0.05) is 12.1 Å². The van der Waals surface area contributed by atoms with Crippen LogP contribution in [0.5, 0.6) is 0 Å². The molecule has 3 N–H and O–H groups in total. The lowest BCUT2D eigenvalue weighted by Gasteiger charge is -2.19. The summed E-state index contributed by atoms with van der Waals surface area (Å²) in [5.74, 6) is -0.277. The molecule has 0 saturated heterocycles. The third-order valence-corrected chi connectivity index (χ3v) is 5.05. The molecule has 1 atom stereocenters. The molecule has 108 valence electrons. The standard InChI is InChI=1S/C12H16N4O3S/c1-12(10(17)14-11(13)15-12)8-4-6-9(7-5-8)20(18,19)16(2)3/h4-7H,1-3H3,(H3,13,14,15,17). The molecule has 1 aliphatic heterocycles. The van der Waals surface area contributed by atoms with Gasteiger partial charge in [-0.3, -0.25) is 10.1 Å². The number of nitrogens with two attached hydrogens (primary N) is 1. The number of hydrogen-bond donors (Lipinski definition) is 2. The van der Waals surface area contributed by atoms with Crippen molar-refractivity contribution >= 4 is 21.9 Å². The Bertz CT molecular complexity index is 679. The smallest absolute Gasteiger partial charge is 0.259 e. The van der Waals surface area contributed by atoms with Gasteiger partial charge in [0.05, 0.1) is 4.90 Å². The first kappa shape index (κ1) is 14.5. The Morgan fingerprint density at radius 3 is 2.20 bits per heavy atom. The maximum Gasteiger partial charge on any atom is 0.259 e.